The maximum Gasteiger partial charge on any atom is 0.0958 e. The van der Waals surface area contributed by atoms with Crippen LogP contribution in [0.15, 0.2) is 30.6 Å². The van der Waals surface area contributed by atoms with Gasteiger partial charge in [0.25, 0.3) is 0 Å². The zero-order valence-electron chi connectivity index (χ0n) is 10.8. The Morgan fingerprint density at radius 1 is 1.22 bits per heavy atom. The molecule has 3 rings (SSSR count). The molecule has 3 nitrogen and oxygen atoms in total. The summed E-state index contributed by atoms with van der Waals surface area (Å²) < 4.78 is 2.23. The number of imidazole rings is 1. The molecule has 0 amide bonds. The van der Waals surface area contributed by atoms with Crippen LogP contribution < -0.4 is 5.32 Å². The molecule has 1 aromatic heterocycles. The van der Waals surface area contributed by atoms with Crippen molar-refractivity contribution in [1.29, 1.82) is 0 Å². The van der Waals surface area contributed by atoms with Crippen molar-refractivity contribution in [3.63, 3.8) is 0 Å². The Morgan fingerprint density at radius 2 is 2.06 bits per heavy atom. The lowest BCUT2D eigenvalue weighted by molar-refractivity contribution is 0.478. The molecule has 1 aliphatic carbocycles. The second kappa shape index (κ2) is 5.53. The van der Waals surface area contributed by atoms with E-state index in [0.29, 0.717) is 0 Å². The first-order valence-corrected chi connectivity index (χ1v) is 7.04. The summed E-state index contributed by atoms with van der Waals surface area (Å²) in [6, 6.07) is 8.32. The standard InChI is InChI=1S/C15H21N3/c1-2-6-13(5-1)11-16-9-10-18-12-17-14-7-3-4-8-15(14)18/h3-4,7-8,12-13,16H,1-2,5-6,9-11H2. The summed E-state index contributed by atoms with van der Waals surface area (Å²) in [4.78, 5) is 4.41. The number of nitrogens with one attached hydrogen (secondary N) is 1. The summed E-state index contributed by atoms with van der Waals surface area (Å²) in [5.74, 6) is 0.921. The minimum atomic E-state index is 0.921. The molecule has 0 radical (unpaired) electrons. The average Bonchev–Trinajstić information content (AvgIpc) is 3.04. The van der Waals surface area contributed by atoms with Crippen molar-refractivity contribution in [2.45, 2.75) is 32.2 Å². The Kier molecular flexibility index (Phi) is 3.60. The molecular weight excluding hydrogens is 222 g/mol. The fourth-order valence-corrected chi connectivity index (χ4v) is 2.91. The summed E-state index contributed by atoms with van der Waals surface area (Å²) in [6.07, 6.45) is 7.64. The first-order chi connectivity index (χ1) is 8.93. The number of fused-ring (bicyclic) bond motifs is 1. The predicted molar refractivity (Wildman–Crippen MR) is 74.6 cm³/mol. The van der Waals surface area contributed by atoms with E-state index in [9.17, 15) is 0 Å². The van der Waals surface area contributed by atoms with Crippen LogP contribution in [0.25, 0.3) is 11.0 Å². The lowest BCUT2D eigenvalue weighted by atomic mass is 10.1. The van der Waals surface area contributed by atoms with Gasteiger partial charge in [0.2, 0.25) is 0 Å². The molecule has 1 heterocycles. The Labute approximate surface area is 108 Å². The van der Waals surface area contributed by atoms with E-state index in [1.807, 2.05) is 12.4 Å². The second-order valence-electron chi connectivity index (χ2n) is 5.28. The molecule has 0 saturated heterocycles. The Hall–Kier alpha value is -1.35. The third-order valence-corrected chi connectivity index (χ3v) is 3.96. The van der Waals surface area contributed by atoms with Crippen LogP contribution in [0.3, 0.4) is 0 Å². The second-order valence-corrected chi connectivity index (χ2v) is 5.28. The fraction of sp³-hybridized carbons (Fsp3) is 0.533. The molecule has 0 bridgehead atoms. The zero-order chi connectivity index (χ0) is 12.2. The van der Waals surface area contributed by atoms with Gasteiger partial charge < -0.3 is 9.88 Å². The summed E-state index contributed by atoms with van der Waals surface area (Å²) in [7, 11) is 0. The lowest BCUT2D eigenvalue weighted by Gasteiger charge is -2.11. The van der Waals surface area contributed by atoms with Crippen LogP contribution in [0.2, 0.25) is 0 Å². The summed E-state index contributed by atoms with van der Waals surface area (Å²) in [6.45, 7) is 3.23. The van der Waals surface area contributed by atoms with Gasteiger partial charge in [0.15, 0.2) is 0 Å². The number of hydrogen-bond acceptors (Lipinski definition) is 2. The highest BCUT2D eigenvalue weighted by Crippen LogP contribution is 2.23. The molecule has 0 spiro atoms. The van der Waals surface area contributed by atoms with Crippen molar-refractivity contribution < 1.29 is 0 Å². The molecule has 1 aromatic carbocycles. The van der Waals surface area contributed by atoms with Crippen LogP contribution in [-0.4, -0.2) is 22.6 Å². The van der Waals surface area contributed by atoms with Gasteiger partial charge in [-0.15, -0.1) is 0 Å². The van der Waals surface area contributed by atoms with Gasteiger partial charge in [-0.25, -0.2) is 4.98 Å². The van der Waals surface area contributed by atoms with Gasteiger partial charge in [0.1, 0.15) is 0 Å². The van der Waals surface area contributed by atoms with Crippen molar-refractivity contribution >= 4 is 11.0 Å². The molecule has 1 aliphatic rings. The molecule has 0 atom stereocenters. The monoisotopic (exact) mass is 243 g/mol. The normalized spacial score (nSPS) is 16.7. The molecule has 96 valence electrons. The van der Waals surface area contributed by atoms with Crippen molar-refractivity contribution in [1.82, 2.24) is 14.9 Å². The van der Waals surface area contributed by atoms with Crippen LogP contribution in [0.1, 0.15) is 25.7 Å². The van der Waals surface area contributed by atoms with Gasteiger partial charge in [0, 0.05) is 13.1 Å². The number of benzene rings is 1. The van der Waals surface area contributed by atoms with E-state index in [0.717, 1.165) is 24.5 Å². The number of nitrogens with zero attached hydrogens (tertiary/aromatic N) is 2. The van der Waals surface area contributed by atoms with Crippen LogP contribution in [0.4, 0.5) is 0 Å². The number of rotatable bonds is 5. The third-order valence-electron chi connectivity index (χ3n) is 3.96. The topological polar surface area (TPSA) is 29.9 Å². The van der Waals surface area contributed by atoms with Crippen molar-refractivity contribution in [2.75, 3.05) is 13.1 Å². The van der Waals surface area contributed by atoms with Gasteiger partial charge in [-0.2, -0.15) is 0 Å². The summed E-state index contributed by atoms with van der Waals surface area (Å²) >= 11 is 0. The average molecular weight is 243 g/mol. The summed E-state index contributed by atoms with van der Waals surface area (Å²) in [5.41, 5.74) is 2.33. The molecule has 18 heavy (non-hydrogen) atoms. The number of aromatic nitrogens is 2. The number of hydrogen-bond donors (Lipinski definition) is 1. The minimum absolute atomic E-state index is 0.921. The number of para-hydroxylation sites is 2. The van der Waals surface area contributed by atoms with Gasteiger partial charge >= 0.3 is 0 Å². The van der Waals surface area contributed by atoms with E-state index >= 15 is 0 Å². The molecule has 1 fully saturated rings. The van der Waals surface area contributed by atoms with E-state index in [-0.39, 0.29) is 0 Å². The first-order valence-electron chi connectivity index (χ1n) is 7.04. The van der Waals surface area contributed by atoms with Crippen molar-refractivity contribution in [2.24, 2.45) is 5.92 Å². The third kappa shape index (κ3) is 2.56. The molecule has 3 heteroatoms. The maximum absolute atomic E-state index is 4.41. The molecule has 2 aromatic rings. The van der Waals surface area contributed by atoms with Crippen LogP contribution in [-0.2, 0) is 6.54 Å². The van der Waals surface area contributed by atoms with Gasteiger partial charge in [0.05, 0.1) is 17.4 Å². The van der Waals surface area contributed by atoms with Crippen LogP contribution in [0.5, 0.6) is 0 Å². The van der Waals surface area contributed by atoms with E-state index in [1.165, 1.54) is 37.7 Å². The molecular formula is C15H21N3. The first kappa shape index (κ1) is 11.7. The van der Waals surface area contributed by atoms with Crippen LogP contribution >= 0.6 is 0 Å². The maximum atomic E-state index is 4.41. The fourth-order valence-electron chi connectivity index (χ4n) is 2.91. The molecule has 0 unspecified atom stereocenters. The minimum Gasteiger partial charge on any atom is -0.329 e. The molecule has 1 saturated carbocycles. The van der Waals surface area contributed by atoms with E-state index in [2.05, 4.69) is 33.1 Å². The van der Waals surface area contributed by atoms with E-state index in [1.54, 1.807) is 0 Å². The Bertz CT molecular complexity index is 497. The SMILES string of the molecule is c1ccc2c(c1)ncn2CCNCC1CCCC1. The Morgan fingerprint density at radius 3 is 2.94 bits per heavy atom. The smallest absolute Gasteiger partial charge is 0.0958 e. The summed E-state index contributed by atoms with van der Waals surface area (Å²) in [5, 5.41) is 3.58. The van der Waals surface area contributed by atoms with E-state index in [4.69, 9.17) is 0 Å². The van der Waals surface area contributed by atoms with Gasteiger partial charge in [-0.1, -0.05) is 25.0 Å². The quantitative estimate of drug-likeness (QED) is 0.818. The highest BCUT2D eigenvalue weighted by molar-refractivity contribution is 5.74. The van der Waals surface area contributed by atoms with Crippen molar-refractivity contribution in [3.05, 3.63) is 30.6 Å². The predicted octanol–water partition coefficient (Wildman–Crippen LogP) is 2.82. The van der Waals surface area contributed by atoms with Crippen LogP contribution in [0, 0.1) is 5.92 Å². The highest BCUT2D eigenvalue weighted by atomic mass is 15.1. The molecule has 1 N–H and O–H groups in total. The lowest BCUT2D eigenvalue weighted by Crippen LogP contribution is -2.25. The zero-order valence-corrected chi connectivity index (χ0v) is 10.8. The van der Waals surface area contributed by atoms with E-state index < -0.39 is 0 Å². The highest BCUT2D eigenvalue weighted by Gasteiger charge is 2.13. The largest absolute Gasteiger partial charge is 0.329 e. The Balaban J connectivity index is 1.50. The molecule has 0 aliphatic heterocycles. The van der Waals surface area contributed by atoms with Gasteiger partial charge in [-0.3, -0.25) is 0 Å². The van der Waals surface area contributed by atoms with Crippen molar-refractivity contribution in [3.8, 4) is 0 Å². The van der Waals surface area contributed by atoms with Gasteiger partial charge in [-0.05, 0) is 37.4 Å².